The number of amides is 4. The standard InChI is InChI=1S/C28H31Cl2N3O4/c1-2-24(26(35)31-18-9-3-4-10-18)33(17-21-22(29)13-7-14-23(21)30)25(34)15-8-16-32-27(36)19-11-5-6-12-20(19)28(32)37/h5-7,11-14,18,24H,2-4,8-10,15-17H2,1H3,(H,31,35)/t24-/m0/s1. The summed E-state index contributed by atoms with van der Waals surface area (Å²) in [6.45, 7) is 2.07. The molecular formula is C28H31Cl2N3O4. The van der Waals surface area contributed by atoms with Gasteiger partial charge in [-0.2, -0.15) is 0 Å². The number of rotatable bonds is 10. The molecule has 7 nitrogen and oxygen atoms in total. The van der Waals surface area contributed by atoms with Crippen LogP contribution >= 0.6 is 23.2 Å². The highest BCUT2D eigenvalue weighted by atomic mass is 35.5. The second-order valence-corrected chi connectivity index (χ2v) is 10.4. The van der Waals surface area contributed by atoms with Gasteiger partial charge in [0.15, 0.2) is 0 Å². The lowest BCUT2D eigenvalue weighted by Crippen LogP contribution is -2.51. The minimum atomic E-state index is -0.695. The van der Waals surface area contributed by atoms with Gasteiger partial charge in [-0.1, -0.05) is 61.2 Å². The highest BCUT2D eigenvalue weighted by Gasteiger charge is 2.35. The van der Waals surface area contributed by atoms with Crippen molar-refractivity contribution >= 4 is 46.8 Å². The lowest BCUT2D eigenvalue weighted by molar-refractivity contribution is -0.141. The monoisotopic (exact) mass is 543 g/mol. The van der Waals surface area contributed by atoms with Crippen LogP contribution in [0.4, 0.5) is 0 Å². The summed E-state index contributed by atoms with van der Waals surface area (Å²) in [5, 5.41) is 3.94. The molecule has 0 radical (unpaired) electrons. The smallest absolute Gasteiger partial charge is 0.261 e. The number of benzene rings is 2. The SMILES string of the molecule is CC[C@@H](C(=O)NC1CCCC1)N(Cc1c(Cl)cccc1Cl)C(=O)CCCN1C(=O)c2ccccc2C1=O. The number of carbonyl (C=O) groups is 4. The maximum absolute atomic E-state index is 13.5. The molecular weight excluding hydrogens is 513 g/mol. The van der Waals surface area contributed by atoms with Gasteiger partial charge in [0.2, 0.25) is 11.8 Å². The van der Waals surface area contributed by atoms with Crippen molar-refractivity contribution < 1.29 is 19.2 Å². The molecule has 1 fully saturated rings. The third kappa shape index (κ3) is 5.99. The van der Waals surface area contributed by atoms with Crippen LogP contribution in [0.5, 0.6) is 0 Å². The third-order valence-corrected chi connectivity index (χ3v) is 7.84. The summed E-state index contributed by atoms with van der Waals surface area (Å²) in [6.07, 6.45) is 4.79. The molecule has 1 heterocycles. The fourth-order valence-electron chi connectivity index (χ4n) is 5.11. The first-order valence-corrected chi connectivity index (χ1v) is 13.5. The predicted octanol–water partition coefficient (Wildman–Crippen LogP) is 5.24. The van der Waals surface area contributed by atoms with Gasteiger partial charge in [-0.15, -0.1) is 0 Å². The van der Waals surface area contributed by atoms with E-state index < -0.39 is 6.04 Å². The van der Waals surface area contributed by atoms with Gasteiger partial charge in [-0.25, -0.2) is 0 Å². The molecule has 0 saturated heterocycles. The quantitative estimate of drug-likeness (QED) is 0.415. The molecule has 2 aliphatic rings. The second kappa shape index (κ2) is 12.1. The van der Waals surface area contributed by atoms with Gasteiger partial charge in [0.05, 0.1) is 11.1 Å². The van der Waals surface area contributed by atoms with Gasteiger partial charge in [0, 0.05) is 41.2 Å². The second-order valence-electron chi connectivity index (χ2n) is 9.55. The Balaban J connectivity index is 1.48. The summed E-state index contributed by atoms with van der Waals surface area (Å²) in [5.74, 6) is -1.16. The molecule has 1 aliphatic heterocycles. The zero-order chi connectivity index (χ0) is 26.5. The normalized spacial score (nSPS) is 16.1. The lowest BCUT2D eigenvalue weighted by atomic mass is 10.1. The van der Waals surface area contributed by atoms with Crippen LogP contribution in [0.15, 0.2) is 42.5 Å². The van der Waals surface area contributed by atoms with E-state index in [1.165, 1.54) is 9.80 Å². The first kappa shape index (κ1) is 27.1. The largest absolute Gasteiger partial charge is 0.352 e. The van der Waals surface area contributed by atoms with E-state index in [0.29, 0.717) is 33.2 Å². The van der Waals surface area contributed by atoms with E-state index in [4.69, 9.17) is 23.2 Å². The van der Waals surface area contributed by atoms with Crippen LogP contribution in [0.1, 0.15) is 78.1 Å². The summed E-state index contributed by atoms with van der Waals surface area (Å²) in [7, 11) is 0. The molecule has 2 aromatic rings. The zero-order valence-corrected chi connectivity index (χ0v) is 22.4. The Morgan fingerprint density at radius 1 is 1.00 bits per heavy atom. The Morgan fingerprint density at radius 2 is 1.59 bits per heavy atom. The molecule has 0 spiro atoms. The van der Waals surface area contributed by atoms with Crippen LogP contribution in [0.2, 0.25) is 10.0 Å². The van der Waals surface area contributed by atoms with E-state index >= 15 is 0 Å². The Bertz CT molecular complexity index is 1140. The van der Waals surface area contributed by atoms with Crippen molar-refractivity contribution in [1.29, 1.82) is 0 Å². The van der Waals surface area contributed by atoms with E-state index in [1.54, 1.807) is 42.5 Å². The summed E-state index contributed by atoms with van der Waals surface area (Å²) < 4.78 is 0. The number of nitrogens with zero attached hydrogens (tertiary/aromatic N) is 2. The Labute approximate surface area is 227 Å². The van der Waals surface area contributed by atoms with E-state index in [1.807, 2.05) is 6.92 Å². The summed E-state index contributed by atoms with van der Waals surface area (Å²) in [5.41, 5.74) is 1.33. The minimum absolute atomic E-state index is 0.0582. The molecule has 1 N–H and O–H groups in total. The fraction of sp³-hybridized carbons (Fsp3) is 0.429. The van der Waals surface area contributed by atoms with Gasteiger partial charge >= 0.3 is 0 Å². The summed E-state index contributed by atoms with van der Waals surface area (Å²) in [4.78, 5) is 54.8. The molecule has 1 aliphatic carbocycles. The van der Waals surface area contributed by atoms with Crippen molar-refractivity contribution in [2.24, 2.45) is 0 Å². The number of hydrogen-bond acceptors (Lipinski definition) is 4. The number of fused-ring (bicyclic) bond motifs is 1. The Kier molecular flexibility index (Phi) is 8.87. The van der Waals surface area contributed by atoms with E-state index in [-0.39, 0.29) is 55.6 Å². The summed E-state index contributed by atoms with van der Waals surface area (Å²) >= 11 is 12.8. The Morgan fingerprint density at radius 3 is 2.16 bits per heavy atom. The topological polar surface area (TPSA) is 86.8 Å². The van der Waals surface area contributed by atoms with Crippen molar-refractivity contribution in [2.45, 2.75) is 70.5 Å². The summed E-state index contributed by atoms with van der Waals surface area (Å²) in [6, 6.07) is 11.3. The molecule has 2 aromatic carbocycles. The molecule has 1 saturated carbocycles. The fourth-order valence-corrected chi connectivity index (χ4v) is 5.63. The van der Waals surface area contributed by atoms with Crippen molar-refractivity contribution in [3.05, 3.63) is 69.2 Å². The van der Waals surface area contributed by atoms with Gasteiger partial charge in [0.1, 0.15) is 6.04 Å². The average molecular weight is 544 g/mol. The molecule has 0 aromatic heterocycles. The van der Waals surface area contributed by atoms with Crippen LogP contribution in [-0.4, -0.2) is 52.1 Å². The average Bonchev–Trinajstić information content (AvgIpc) is 3.48. The van der Waals surface area contributed by atoms with Crippen LogP contribution in [0.25, 0.3) is 0 Å². The van der Waals surface area contributed by atoms with E-state index in [9.17, 15) is 19.2 Å². The molecule has 4 amide bonds. The number of nitrogens with one attached hydrogen (secondary N) is 1. The van der Waals surface area contributed by atoms with Crippen molar-refractivity contribution in [1.82, 2.24) is 15.1 Å². The van der Waals surface area contributed by atoms with Gasteiger partial charge in [-0.05, 0) is 49.9 Å². The van der Waals surface area contributed by atoms with Gasteiger partial charge in [-0.3, -0.25) is 24.1 Å². The third-order valence-electron chi connectivity index (χ3n) is 7.13. The van der Waals surface area contributed by atoms with Crippen LogP contribution in [0.3, 0.4) is 0 Å². The number of carbonyl (C=O) groups excluding carboxylic acids is 4. The van der Waals surface area contributed by atoms with Crippen molar-refractivity contribution in [2.75, 3.05) is 6.54 Å². The number of imide groups is 1. The first-order chi connectivity index (χ1) is 17.8. The molecule has 4 rings (SSSR count). The van der Waals surface area contributed by atoms with Crippen LogP contribution in [-0.2, 0) is 16.1 Å². The zero-order valence-electron chi connectivity index (χ0n) is 20.8. The predicted molar refractivity (Wildman–Crippen MR) is 143 cm³/mol. The molecule has 9 heteroatoms. The number of halogens is 2. The van der Waals surface area contributed by atoms with Crippen LogP contribution < -0.4 is 5.32 Å². The number of hydrogen-bond donors (Lipinski definition) is 1. The van der Waals surface area contributed by atoms with Gasteiger partial charge in [0.25, 0.3) is 11.8 Å². The lowest BCUT2D eigenvalue weighted by Gasteiger charge is -2.32. The maximum Gasteiger partial charge on any atom is 0.261 e. The van der Waals surface area contributed by atoms with E-state index in [2.05, 4.69) is 5.32 Å². The molecule has 37 heavy (non-hydrogen) atoms. The first-order valence-electron chi connectivity index (χ1n) is 12.8. The molecule has 0 unspecified atom stereocenters. The highest BCUT2D eigenvalue weighted by Crippen LogP contribution is 2.28. The highest BCUT2D eigenvalue weighted by molar-refractivity contribution is 6.36. The molecule has 196 valence electrons. The van der Waals surface area contributed by atoms with E-state index in [0.717, 1.165) is 25.7 Å². The van der Waals surface area contributed by atoms with Crippen molar-refractivity contribution in [3.63, 3.8) is 0 Å². The van der Waals surface area contributed by atoms with Crippen molar-refractivity contribution in [3.8, 4) is 0 Å². The maximum atomic E-state index is 13.5. The minimum Gasteiger partial charge on any atom is -0.352 e. The molecule has 0 bridgehead atoms. The van der Waals surface area contributed by atoms with Gasteiger partial charge < -0.3 is 10.2 Å². The van der Waals surface area contributed by atoms with Crippen LogP contribution in [0, 0.1) is 0 Å². The Hall–Kier alpha value is -2.90. The molecule has 1 atom stereocenters.